The topological polar surface area (TPSA) is 43.6 Å². The first kappa shape index (κ1) is 32.3. The molecule has 0 radical (unpaired) electrons. The number of para-hydroxylation sites is 2. The summed E-state index contributed by atoms with van der Waals surface area (Å²) in [4.78, 5) is 15.1. The zero-order chi connectivity index (χ0) is 37.5. The molecule has 4 heterocycles. The van der Waals surface area contributed by atoms with Gasteiger partial charge < -0.3 is 4.57 Å². The SMILES string of the molecule is c1ccc(-c2nc(-c3ccccc3)nc(-c3cccc4c3sc3c(-c5ccc6c(c5)sc5cc(-n7c8ccccc8c8ccccc87)ccc56)cccc34)n2)cc1. The van der Waals surface area contributed by atoms with Crippen LogP contribution in [0.4, 0.5) is 0 Å². The Morgan fingerprint density at radius 2 is 0.842 bits per heavy atom. The van der Waals surface area contributed by atoms with E-state index in [1.807, 2.05) is 59.1 Å². The Bertz CT molecular complexity index is 3410. The molecule has 57 heavy (non-hydrogen) atoms. The molecule has 0 spiro atoms. The number of rotatable bonds is 5. The molecule has 12 aromatic rings. The predicted octanol–water partition coefficient (Wildman–Crippen LogP) is 14.4. The number of hydrogen-bond acceptors (Lipinski definition) is 5. The van der Waals surface area contributed by atoms with E-state index in [-0.39, 0.29) is 0 Å². The molecule has 12 rings (SSSR count). The zero-order valence-corrected chi connectivity index (χ0v) is 32.1. The summed E-state index contributed by atoms with van der Waals surface area (Å²) in [5, 5.41) is 7.58. The quantitative estimate of drug-likeness (QED) is 0.175. The molecule has 0 aliphatic rings. The molecule has 0 saturated carbocycles. The lowest BCUT2D eigenvalue weighted by atomic mass is 10.0. The summed E-state index contributed by atoms with van der Waals surface area (Å²) in [6, 6.07) is 64.9. The van der Waals surface area contributed by atoms with Crippen molar-refractivity contribution in [1.82, 2.24) is 19.5 Å². The van der Waals surface area contributed by atoms with E-state index < -0.39 is 0 Å². The molecule has 0 bridgehead atoms. The lowest BCUT2D eigenvalue weighted by molar-refractivity contribution is 1.08. The summed E-state index contributed by atoms with van der Waals surface area (Å²) < 4.78 is 7.40. The van der Waals surface area contributed by atoms with Gasteiger partial charge in [0.1, 0.15) is 0 Å². The Morgan fingerprint density at radius 1 is 0.333 bits per heavy atom. The number of aromatic nitrogens is 4. The smallest absolute Gasteiger partial charge is 0.165 e. The maximum Gasteiger partial charge on any atom is 0.165 e. The van der Waals surface area contributed by atoms with Crippen molar-refractivity contribution in [1.29, 1.82) is 0 Å². The predicted molar refractivity (Wildman–Crippen MR) is 242 cm³/mol. The second kappa shape index (κ2) is 12.8. The van der Waals surface area contributed by atoms with Crippen LogP contribution in [0.3, 0.4) is 0 Å². The maximum atomic E-state index is 5.09. The van der Waals surface area contributed by atoms with Crippen molar-refractivity contribution in [3.63, 3.8) is 0 Å². The lowest BCUT2D eigenvalue weighted by Gasteiger charge is -2.09. The van der Waals surface area contributed by atoms with Crippen LogP contribution in [0.2, 0.25) is 0 Å². The Labute approximate surface area is 335 Å². The Morgan fingerprint density at radius 3 is 1.49 bits per heavy atom. The van der Waals surface area contributed by atoms with Crippen molar-refractivity contribution < 1.29 is 0 Å². The molecule has 0 unspecified atom stereocenters. The fourth-order valence-electron chi connectivity index (χ4n) is 8.43. The van der Waals surface area contributed by atoms with Crippen molar-refractivity contribution in [2.24, 2.45) is 0 Å². The van der Waals surface area contributed by atoms with E-state index in [0.29, 0.717) is 17.5 Å². The first-order valence-corrected chi connectivity index (χ1v) is 20.7. The van der Waals surface area contributed by atoms with E-state index in [0.717, 1.165) is 16.7 Å². The second-order valence-corrected chi connectivity index (χ2v) is 16.5. The normalized spacial score (nSPS) is 11.9. The van der Waals surface area contributed by atoms with E-state index >= 15 is 0 Å². The van der Waals surface area contributed by atoms with Crippen LogP contribution in [0.1, 0.15) is 0 Å². The van der Waals surface area contributed by atoms with Crippen LogP contribution >= 0.6 is 22.7 Å². The van der Waals surface area contributed by atoms with Gasteiger partial charge in [0.2, 0.25) is 0 Å². The minimum atomic E-state index is 0.664. The Kier molecular flexibility index (Phi) is 7.24. The third kappa shape index (κ3) is 5.15. The summed E-state index contributed by atoms with van der Waals surface area (Å²) in [7, 11) is 0. The molecular formula is C51H30N4S2. The summed E-state index contributed by atoms with van der Waals surface area (Å²) in [5.41, 5.74) is 9.02. The highest BCUT2D eigenvalue weighted by Gasteiger charge is 2.19. The van der Waals surface area contributed by atoms with Gasteiger partial charge in [-0.2, -0.15) is 0 Å². The van der Waals surface area contributed by atoms with E-state index in [9.17, 15) is 0 Å². The van der Waals surface area contributed by atoms with Gasteiger partial charge in [-0.25, -0.2) is 15.0 Å². The number of nitrogens with zero attached hydrogens (tertiary/aromatic N) is 4. The zero-order valence-electron chi connectivity index (χ0n) is 30.4. The monoisotopic (exact) mass is 762 g/mol. The van der Waals surface area contributed by atoms with E-state index in [2.05, 4.69) is 150 Å². The van der Waals surface area contributed by atoms with Gasteiger partial charge in [0, 0.05) is 73.5 Å². The average Bonchev–Trinajstić information content (AvgIpc) is 3.96. The van der Waals surface area contributed by atoms with Gasteiger partial charge in [0.05, 0.1) is 11.0 Å². The number of fused-ring (bicyclic) bond motifs is 9. The first-order valence-electron chi connectivity index (χ1n) is 19.0. The fraction of sp³-hybridized carbons (Fsp3) is 0. The molecule has 8 aromatic carbocycles. The lowest BCUT2D eigenvalue weighted by Crippen LogP contribution is -2.00. The molecule has 6 heteroatoms. The largest absolute Gasteiger partial charge is 0.309 e. The Balaban J connectivity index is 0.991. The van der Waals surface area contributed by atoms with Crippen LogP contribution in [0, 0.1) is 0 Å². The van der Waals surface area contributed by atoms with Crippen LogP contribution < -0.4 is 0 Å². The molecule has 0 atom stereocenters. The highest BCUT2D eigenvalue weighted by molar-refractivity contribution is 7.27. The van der Waals surface area contributed by atoms with Crippen molar-refractivity contribution in [2.45, 2.75) is 0 Å². The van der Waals surface area contributed by atoms with Gasteiger partial charge in [-0.05, 0) is 47.5 Å². The van der Waals surface area contributed by atoms with Crippen LogP contribution in [-0.4, -0.2) is 19.5 Å². The highest BCUT2D eigenvalue weighted by Crippen LogP contribution is 2.45. The van der Waals surface area contributed by atoms with Crippen molar-refractivity contribution >= 4 is 84.8 Å². The van der Waals surface area contributed by atoms with E-state index in [1.165, 1.54) is 79.0 Å². The average molecular weight is 763 g/mol. The molecule has 4 nitrogen and oxygen atoms in total. The third-order valence-corrected chi connectivity index (χ3v) is 13.5. The van der Waals surface area contributed by atoms with E-state index in [4.69, 9.17) is 15.0 Å². The van der Waals surface area contributed by atoms with Gasteiger partial charge in [0.15, 0.2) is 17.5 Å². The van der Waals surface area contributed by atoms with Gasteiger partial charge in [-0.3, -0.25) is 0 Å². The summed E-state index contributed by atoms with van der Waals surface area (Å²) >= 11 is 3.69. The Hall–Kier alpha value is -6.99. The van der Waals surface area contributed by atoms with Crippen LogP contribution in [-0.2, 0) is 0 Å². The van der Waals surface area contributed by atoms with Crippen LogP contribution in [0.25, 0.3) is 113 Å². The molecule has 0 amide bonds. The summed E-state index contributed by atoms with van der Waals surface area (Å²) in [6.07, 6.45) is 0. The van der Waals surface area contributed by atoms with Crippen LogP contribution in [0.15, 0.2) is 182 Å². The minimum Gasteiger partial charge on any atom is -0.309 e. The molecule has 0 aliphatic heterocycles. The molecule has 0 fully saturated rings. The number of thiophene rings is 2. The highest BCUT2D eigenvalue weighted by atomic mass is 32.1. The molecule has 0 N–H and O–H groups in total. The second-order valence-electron chi connectivity index (χ2n) is 14.4. The maximum absolute atomic E-state index is 5.09. The number of hydrogen-bond donors (Lipinski definition) is 0. The third-order valence-electron chi connectivity index (χ3n) is 11.1. The standard InChI is InChI=1S/C51H30N4S2/c1-3-13-31(14-4-1)49-52-50(32-15-5-2-6-16-32)54-51(53-49)42-22-12-21-41-40-20-11-19-35(47(40)57-48(41)42)33-25-27-38-39-28-26-34(30-46(39)56-45(38)29-33)55-43-23-9-7-17-36(43)37-18-8-10-24-44(37)55/h1-30H. The number of benzene rings is 8. The minimum absolute atomic E-state index is 0.664. The van der Waals surface area contributed by atoms with E-state index in [1.54, 1.807) is 0 Å². The van der Waals surface area contributed by atoms with Gasteiger partial charge in [0.25, 0.3) is 0 Å². The molecule has 0 saturated heterocycles. The molecule has 4 aromatic heterocycles. The fourth-order valence-corrected chi connectivity index (χ4v) is 10.9. The van der Waals surface area contributed by atoms with Gasteiger partial charge >= 0.3 is 0 Å². The van der Waals surface area contributed by atoms with Gasteiger partial charge in [-0.1, -0.05) is 146 Å². The van der Waals surface area contributed by atoms with Crippen LogP contribution in [0.5, 0.6) is 0 Å². The first-order chi connectivity index (χ1) is 28.2. The van der Waals surface area contributed by atoms with Crippen molar-refractivity contribution in [3.05, 3.63) is 182 Å². The molecule has 266 valence electrons. The summed E-state index contributed by atoms with van der Waals surface area (Å²) in [5.74, 6) is 2.00. The van der Waals surface area contributed by atoms with Crippen molar-refractivity contribution in [3.8, 4) is 51.0 Å². The molecule has 0 aliphatic carbocycles. The van der Waals surface area contributed by atoms with Crippen molar-refractivity contribution in [2.75, 3.05) is 0 Å². The summed E-state index contributed by atoms with van der Waals surface area (Å²) in [6.45, 7) is 0. The molecular weight excluding hydrogens is 733 g/mol. The van der Waals surface area contributed by atoms with Gasteiger partial charge in [-0.15, -0.1) is 22.7 Å².